The molecule has 1 aromatic carbocycles. The second-order valence-corrected chi connectivity index (χ2v) is 9.30. The van der Waals surface area contributed by atoms with Crippen LogP contribution in [0.3, 0.4) is 0 Å². The molecule has 1 N–H and O–H groups in total. The summed E-state index contributed by atoms with van der Waals surface area (Å²) in [4.78, 5) is 9.39. The zero-order valence-electron chi connectivity index (χ0n) is 16.9. The molecule has 5 nitrogen and oxygen atoms in total. The fraction of sp³-hybridized carbons (Fsp3) is 0.650. The summed E-state index contributed by atoms with van der Waals surface area (Å²) >= 11 is 2.04. The van der Waals surface area contributed by atoms with E-state index in [-0.39, 0.29) is 4.75 Å². The average molecular weight is 379 g/mol. The third-order valence-corrected chi connectivity index (χ3v) is 5.47. The number of rotatable bonds is 7. The van der Waals surface area contributed by atoms with Gasteiger partial charge in [-0.15, -0.1) is 0 Å². The zero-order chi connectivity index (χ0) is 19.0. The van der Waals surface area contributed by atoms with Crippen molar-refractivity contribution in [1.82, 2.24) is 15.1 Å². The number of nitrogens with zero attached hydrogens (tertiary/aromatic N) is 3. The lowest BCUT2D eigenvalue weighted by molar-refractivity contribution is 0.261. The van der Waals surface area contributed by atoms with Crippen LogP contribution in [0, 0.1) is 0 Å². The van der Waals surface area contributed by atoms with Crippen LogP contribution in [-0.4, -0.2) is 73.1 Å². The van der Waals surface area contributed by atoms with Gasteiger partial charge in [0, 0.05) is 36.7 Å². The third kappa shape index (κ3) is 7.08. The lowest BCUT2D eigenvalue weighted by Crippen LogP contribution is -2.50. The number of guanidine groups is 1. The van der Waals surface area contributed by atoms with Gasteiger partial charge in [-0.25, -0.2) is 4.99 Å². The molecule has 1 aromatic rings. The molecule has 0 bridgehead atoms. The van der Waals surface area contributed by atoms with Gasteiger partial charge in [-0.3, -0.25) is 0 Å². The Kier molecular flexibility index (Phi) is 8.10. The number of thioether (sulfide) groups is 1. The number of nitrogens with one attached hydrogen (secondary N) is 1. The van der Waals surface area contributed by atoms with Crippen molar-refractivity contribution in [2.75, 3.05) is 52.6 Å². The van der Waals surface area contributed by atoms with Crippen molar-refractivity contribution in [2.24, 2.45) is 4.99 Å². The summed E-state index contributed by atoms with van der Waals surface area (Å²) in [7, 11) is 4.11. The first-order chi connectivity index (χ1) is 12.4. The van der Waals surface area contributed by atoms with E-state index in [1.807, 2.05) is 23.9 Å². The minimum Gasteiger partial charge on any atom is -0.492 e. The van der Waals surface area contributed by atoms with Crippen LogP contribution in [0.2, 0.25) is 0 Å². The van der Waals surface area contributed by atoms with Crippen LogP contribution in [0.25, 0.3) is 0 Å². The quantitative estimate of drug-likeness (QED) is 0.583. The second-order valence-electron chi connectivity index (χ2n) is 7.50. The van der Waals surface area contributed by atoms with Gasteiger partial charge < -0.3 is 19.9 Å². The molecule has 0 radical (unpaired) electrons. The molecule has 1 aliphatic rings. The van der Waals surface area contributed by atoms with Gasteiger partial charge in [-0.1, -0.05) is 12.1 Å². The molecular weight excluding hydrogens is 344 g/mol. The number of likely N-dealkylation sites (N-methyl/N-ethyl adjacent to an activating group) is 1. The van der Waals surface area contributed by atoms with Gasteiger partial charge in [0.1, 0.15) is 12.4 Å². The zero-order valence-corrected chi connectivity index (χ0v) is 17.7. The predicted molar refractivity (Wildman–Crippen MR) is 113 cm³/mol. The van der Waals surface area contributed by atoms with E-state index in [0.717, 1.165) is 43.6 Å². The highest BCUT2D eigenvalue weighted by Crippen LogP contribution is 2.29. The van der Waals surface area contributed by atoms with Gasteiger partial charge in [0.15, 0.2) is 5.96 Å². The normalized spacial score (nSPS) is 17.5. The van der Waals surface area contributed by atoms with Crippen molar-refractivity contribution in [3.63, 3.8) is 0 Å². The Balaban J connectivity index is 2.00. The lowest BCUT2D eigenvalue weighted by atomic mass is 10.2. The molecule has 2 rings (SSSR count). The molecule has 0 spiro atoms. The van der Waals surface area contributed by atoms with Crippen LogP contribution in [0.5, 0.6) is 5.75 Å². The van der Waals surface area contributed by atoms with Crippen LogP contribution in [0.15, 0.2) is 29.3 Å². The monoisotopic (exact) mass is 378 g/mol. The first-order valence-electron chi connectivity index (χ1n) is 9.43. The van der Waals surface area contributed by atoms with Crippen molar-refractivity contribution in [1.29, 1.82) is 0 Å². The summed E-state index contributed by atoms with van der Waals surface area (Å²) in [5.74, 6) is 3.08. The fourth-order valence-electron chi connectivity index (χ4n) is 2.87. The summed E-state index contributed by atoms with van der Waals surface area (Å²) in [5, 5.41) is 3.45. The van der Waals surface area contributed by atoms with Gasteiger partial charge in [0.05, 0.1) is 6.54 Å². The Bertz CT molecular complexity index is 589. The minimum atomic E-state index is 0.272. The van der Waals surface area contributed by atoms with Crippen LogP contribution in [-0.2, 0) is 6.54 Å². The van der Waals surface area contributed by atoms with Gasteiger partial charge >= 0.3 is 0 Å². The predicted octanol–water partition coefficient (Wildman–Crippen LogP) is 2.92. The van der Waals surface area contributed by atoms with Crippen molar-refractivity contribution in [3.8, 4) is 5.75 Å². The van der Waals surface area contributed by atoms with Crippen molar-refractivity contribution in [3.05, 3.63) is 29.8 Å². The van der Waals surface area contributed by atoms with E-state index in [0.29, 0.717) is 13.2 Å². The maximum absolute atomic E-state index is 5.84. The van der Waals surface area contributed by atoms with Gasteiger partial charge in [-0.05, 0) is 52.6 Å². The van der Waals surface area contributed by atoms with E-state index in [4.69, 9.17) is 9.73 Å². The molecule has 0 saturated carbocycles. The van der Waals surface area contributed by atoms with E-state index in [9.17, 15) is 0 Å². The van der Waals surface area contributed by atoms with Crippen LogP contribution < -0.4 is 10.1 Å². The van der Waals surface area contributed by atoms with Crippen molar-refractivity contribution < 1.29 is 4.74 Å². The second kappa shape index (κ2) is 10.1. The molecule has 146 valence electrons. The summed E-state index contributed by atoms with van der Waals surface area (Å²) in [5.41, 5.74) is 1.17. The summed E-state index contributed by atoms with van der Waals surface area (Å²) < 4.78 is 6.11. The molecule has 0 aliphatic carbocycles. The lowest BCUT2D eigenvalue weighted by Gasteiger charge is -2.39. The van der Waals surface area contributed by atoms with E-state index in [1.165, 1.54) is 5.56 Å². The molecule has 26 heavy (non-hydrogen) atoms. The molecule has 0 unspecified atom stereocenters. The average Bonchev–Trinajstić information content (AvgIpc) is 2.58. The van der Waals surface area contributed by atoms with Gasteiger partial charge in [-0.2, -0.15) is 11.8 Å². The Morgan fingerprint density at radius 2 is 2.19 bits per heavy atom. The molecular formula is C20H34N4OS. The van der Waals surface area contributed by atoms with Gasteiger partial charge in [0.25, 0.3) is 0 Å². The highest BCUT2D eigenvalue weighted by atomic mass is 32.2. The first kappa shape index (κ1) is 20.9. The SMILES string of the molecule is CCNC(=NCc1cccc(OCCN(C)C)c1)N1CCSC(C)(C)C1. The van der Waals surface area contributed by atoms with Crippen LogP contribution in [0.4, 0.5) is 0 Å². The first-order valence-corrected chi connectivity index (χ1v) is 10.4. The smallest absolute Gasteiger partial charge is 0.194 e. The highest BCUT2D eigenvalue weighted by Gasteiger charge is 2.28. The topological polar surface area (TPSA) is 40.1 Å². The summed E-state index contributed by atoms with van der Waals surface area (Å²) in [6.07, 6.45) is 0. The Morgan fingerprint density at radius 1 is 1.38 bits per heavy atom. The molecule has 0 amide bonds. The Morgan fingerprint density at radius 3 is 2.88 bits per heavy atom. The third-order valence-electron chi connectivity index (χ3n) is 4.18. The van der Waals surface area contributed by atoms with E-state index in [2.05, 4.69) is 62.1 Å². The van der Waals surface area contributed by atoms with Crippen LogP contribution in [0.1, 0.15) is 26.3 Å². The molecule has 1 saturated heterocycles. The Hall–Kier alpha value is -1.40. The van der Waals surface area contributed by atoms with E-state index in [1.54, 1.807) is 0 Å². The van der Waals surface area contributed by atoms with E-state index >= 15 is 0 Å². The molecule has 1 heterocycles. The van der Waals surface area contributed by atoms with E-state index < -0.39 is 0 Å². The van der Waals surface area contributed by atoms with Crippen molar-refractivity contribution >= 4 is 17.7 Å². The minimum absolute atomic E-state index is 0.272. The Labute approximate surface area is 163 Å². The molecule has 1 aliphatic heterocycles. The number of ether oxygens (including phenoxy) is 1. The summed E-state index contributed by atoms with van der Waals surface area (Å²) in [6, 6.07) is 8.27. The number of hydrogen-bond acceptors (Lipinski definition) is 4. The highest BCUT2D eigenvalue weighted by molar-refractivity contribution is 8.00. The fourth-order valence-corrected chi connectivity index (χ4v) is 3.98. The standard InChI is InChI=1S/C20H34N4OS/c1-6-21-19(24-11-13-26-20(2,3)16-24)22-15-17-8-7-9-18(14-17)25-12-10-23(4)5/h7-9,14H,6,10-13,15-16H2,1-5H3,(H,21,22). The summed E-state index contributed by atoms with van der Waals surface area (Å²) in [6.45, 7) is 12.0. The molecule has 6 heteroatoms. The largest absolute Gasteiger partial charge is 0.492 e. The van der Waals surface area contributed by atoms with Crippen LogP contribution >= 0.6 is 11.8 Å². The molecule has 0 aromatic heterocycles. The number of hydrogen-bond donors (Lipinski definition) is 1. The van der Waals surface area contributed by atoms with Gasteiger partial charge in [0.2, 0.25) is 0 Å². The maximum atomic E-state index is 5.84. The molecule has 1 fully saturated rings. The van der Waals surface area contributed by atoms with Crippen molar-refractivity contribution in [2.45, 2.75) is 32.1 Å². The molecule has 0 atom stereocenters. The number of benzene rings is 1. The maximum Gasteiger partial charge on any atom is 0.194 e. The number of aliphatic imine (C=N–C) groups is 1.